The first kappa shape index (κ1) is 12.0. The van der Waals surface area contributed by atoms with Crippen molar-refractivity contribution in [1.29, 1.82) is 0 Å². The second-order valence-corrected chi connectivity index (χ2v) is 4.65. The minimum atomic E-state index is 0.775. The Bertz CT molecular complexity index is 113. The molecule has 0 spiro atoms. The van der Waals surface area contributed by atoms with E-state index in [9.17, 15) is 0 Å². The van der Waals surface area contributed by atoms with Crippen molar-refractivity contribution >= 4 is 0 Å². The van der Waals surface area contributed by atoms with Crippen LogP contribution in [-0.4, -0.2) is 37.1 Å². The van der Waals surface area contributed by atoms with E-state index < -0.39 is 0 Å². The van der Waals surface area contributed by atoms with E-state index >= 15 is 0 Å². The molecular formula is C12H26N2. The Balaban J connectivity index is 0.000000146. The minimum Gasteiger partial charge on any atom is -0.317 e. The van der Waals surface area contributed by atoms with Gasteiger partial charge in [-0.15, -0.1) is 0 Å². The standard InChI is InChI=1S/C7H15N.C5H11N/c1-7(2)8-5-3-4-6-8;1-2-4-6-5-3-1/h7H,3-6H2,1-2H3;6H,1-5H2. The summed E-state index contributed by atoms with van der Waals surface area (Å²) in [4.78, 5) is 2.53. The Morgan fingerprint density at radius 1 is 0.857 bits per heavy atom. The number of nitrogens with one attached hydrogen (secondary N) is 1. The highest BCUT2D eigenvalue weighted by atomic mass is 15.2. The topological polar surface area (TPSA) is 15.3 Å². The van der Waals surface area contributed by atoms with Crippen LogP contribution in [0.2, 0.25) is 0 Å². The van der Waals surface area contributed by atoms with Crippen LogP contribution in [0.5, 0.6) is 0 Å². The first-order valence-electron chi connectivity index (χ1n) is 6.25. The Kier molecular flexibility index (Phi) is 6.20. The molecule has 0 aromatic rings. The minimum absolute atomic E-state index is 0.775. The number of likely N-dealkylation sites (tertiary alicyclic amines) is 1. The molecule has 2 aliphatic heterocycles. The van der Waals surface area contributed by atoms with Crippen LogP contribution < -0.4 is 5.32 Å². The molecule has 2 heteroatoms. The van der Waals surface area contributed by atoms with Gasteiger partial charge in [0, 0.05) is 6.04 Å². The molecule has 0 amide bonds. The summed E-state index contributed by atoms with van der Waals surface area (Å²) in [6.45, 7) is 9.70. The van der Waals surface area contributed by atoms with Gasteiger partial charge in [0.25, 0.3) is 0 Å². The third-order valence-electron chi connectivity index (χ3n) is 3.08. The number of rotatable bonds is 1. The van der Waals surface area contributed by atoms with Crippen molar-refractivity contribution in [3.8, 4) is 0 Å². The maximum absolute atomic E-state index is 3.28. The lowest BCUT2D eigenvalue weighted by Gasteiger charge is -2.18. The maximum Gasteiger partial charge on any atom is 0.00385 e. The van der Waals surface area contributed by atoms with Crippen molar-refractivity contribution in [2.45, 2.75) is 52.0 Å². The van der Waals surface area contributed by atoms with Crippen LogP contribution >= 0.6 is 0 Å². The Hall–Kier alpha value is -0.0800. The van der Waals surface area contributed by atoms with Crippen LogP contribution in [0.15, 0.2) is 0 Å². The molecule has 2 rings (SSSR count). The Labute approximate surface area is 89.1 Å². The van der Waals surface area contributed by atoms with E-state index in [1.165, 1.54) is 58.3 Å². The first-order valence-corrected chi connectivity index (χ1v) is 6.25. The van der Waals surface area contributed by atoms with Crippen molar-refractivity contribution in [2.75, 3.05) is 26.2 Å². The average molecular weight is 198 g/mol. The summed E-state index contributed by atoms with van der Waals surface area (Å²) in [7, 11) is 0. The van der Waals surface area contributed by atoms with Gasteiger partial charge in [-0.05, 0) is 65.7 Å². The van der Waals surface area contributed by atoms with E-state index in [4.69, 9.17) is 0 Å². The van der Waals surface area contributed by atoms with Crippen molar-refractivity contribution in [3.63, 3.8) is 0 Å². The molecule has 14 heavy (non-hydrogen) atoms. The molecule has 2 nitrogen and oxygen atoms in total. The summed E-state index contributed by atoms with van der Waals surface area (Å²) in [5.41, 5.74) is 0. The van der Waals surface area contributed by atoms with Gasteiger partial charge in [0.15, 0.2) is 0 Å². The van der Waals surface area contributed by atoms with Crippen molar-refractivity contribution in [3.05, 3.63) is 0 Å². The van der Waals surface area contributed by atoms with Crippen LogP contribution in [-0.2, 0) is 0 Å². The van der Waals surface area contributed by atoms with E-state index in [0.717, 1.165) is 6.04 Å². The number of nitrogens with zero attached hydrogens (tertiary/aromatic N) is 1. The summed E-state index contributed by atoms with van der Waals surface area (Å²) in [5.74, 6) is 0. The van der Waals surface area contributed by atoms with Gasteiger partial charge in [-0.25, -0.2) is 0 Å². The van der Waals surface area contributed by atoms with Crippen molar-refractivity contribution in [1.82, 2.24) is 10.2 Å². The lowest BCUT2D eigenvalue weighted by molar-refractivity contribution is 0.276. The summed E-state index contributed by atoms with van der Waals surface area (Å²) in [6.07, 6.45) is 7.04. The molecule has 2 aliphatic rings. The van der Waals surface area contributed by atoms with Gasteiger partial charge in [0.1, 0.15) is 0 Å². The summed E-state index contributed by atoms with van der Waals surface area (Å²) in [5, 5.41) is 3.28. The fraction of sp³-hybridized carbons (Fsp3) is 1.00. The summed E-state index contributed by atoms with van der Waals surface area (Å²) < 4.78 is 0. The van der Waals surface area contributed by atoms with Gasteiger partial charge in [0.05, 0.1) is 0 Å². The molecule has 0 unspecified atom stereocenters. The lowest BCUT2D eigenvalue weighted by Crippen LogP contribution is -2.26. The van der Waals surface area contributed by atoms with E-state index in [2.05, 4.69) is 24.1 Å². The molecule has 2 saturated heterocycles. The fourth-order valence-electron chi connectivity index (χ4n) is 2.06. The second-order valence-electron chi connectivity index (χ2n) is 4.65. The van der Waals surface area contributed by atoms with Gasteiger partial charge in [-0.1, -0.05) is 6.42 Å². The molecule has 0 radical (unpaired) electrons. The van der Waals surface area contributed by atoms with Crippen molar-refractivity contribution in [2.24, 2.45) is 0 Å². The molecule has 0 saturated carbocycles. The molecule has 1 N–H and O–H groups in total. The summed E-state index contributed by atoms with van der Waals surface area (Å²) >= 11 is 0. The third-order valence-corrected chi connectivity index (χ3v) is 3.08. The fourth-order valence-corrected chi connectivity index (χ4v) is 2.06. The van der Waals surface area contributed by atoms with E-state index in [1.807, 2.05) is 0 Å². The van der Waals surface area contributed by atoms with Gasteiger partial charge >= 0.3 is 0 Å². The van der Waals surface area contributed by atoms with Gasteiger partial charge < -0.3 is 10.2 Å². The SMILES string of the molecule is C1CCNCC1.CC(C)N1CCCC1. The summed E-state index contributed by atoms with van der Waals surface area (Å²) in [6, 6.07) is 0.775. The highest BCUT2D eigenvalue weighted by Gasteiger charge is 2.13. The third kappa shape index (κ3) is 4.97. The van der Waals surface area contributed by atoms with Crippen LogP contribution in [0.1, 0.15) is 46.0 Å². The normalized spacial score (nSPS) is 23.4. The largest absolute Gasteiger partial charge is 0.317 e. The van der Waals surface area contributed by atoms with Crippen LogP contribution in [0.25, 0.3) is 0 Å². The molecule has 0 aliphatic carbocycles. The molecule has 84 valence electrons. The van der Waals surface area contributed by atoms with Crippen LogP contribution in [0.3, 0.4) is 0 Å². The zero-order chi connectivity index (χ0) is 10.2. The molecular weight excluding hydrogens is 172 g/mol. The lowest BCUT2D eigenvalue weighted by atomic mass is 10.2. The average Bonchev–Trinajstić information content (AvgIpc) is 2.74. The number of hydrogen-bond acceptors (Lipinski definition) is 2. The zero-order valence-corrected chi connectivity index (χ0v) is 9.89. The quantitative estimate of drug-likeness (QED) is 0.695. The van der Waals surface area contributed by atoms with Gasteiger partial charge in [0.2, 0.25) is 0 Å². The maximum atomic E-state index is 3.28. The Morgan fingerprint density at radius 2 is 1.43 bits per heavy atom. The van der Waals surface area contributed by atoms with E-state index in [-0.39, 0.29) is 0 Å². The highest BCUT2D eigenvalue weighted by molar-refractivity contribution is 4.68. The predicted octanol–water partition coefficient (Wildman–Crippen LogP) is 2.25. The molecule has 2 fully saturated rings. The molecule has 2 heterocycles. The number of hydrogen-bond donors (Lipinski definition) is 1. The van der Waals surface area contributed by atoms with Crippen LogP contribution in [0.4, 0.5) is 0 Å². The highest BCUT2D eigenvalue weighted by Crippen LogP contribution is 2.09. The van der Waals surface area contributed by atoms with E-state index in [1.54, 1.807) is 0 Å². The first-order chi connectivity index (χ1) is 6.80. The second kappa shape index (κ2) is 7.24. The smallest absolute Gasteiger partial charge is 0.00385 e. The van der Waals surface area contributed by atoms with Crippen LogP contribution in [0, 0.1) is 0 Å². The van der Waals surface area contributed by atoms with Gasteiger partial charge in [-0.3, -0.25) is 0 Å². The molecule has 0 aromatic carbocycles. The molecule has 0 atom stereocenters. The number of piperidine rings is 1. The predicted molar refractivity (Wildman–Crippen MR) is 62.7 cm³/mol. The van der Waals surface area contributed by atoms with E-state index in [0.29, 0.717) is 0 Å². The Morgan fingerprint density at radius 3 is 1.64 bits per heavy atom. The van der Waals surface area contributed by atoms with Gasteiger partial charge in [-0.2, -0.15) is 0 Å². The molecule has 0 bridgehead atoms. The molecule has 0 aromatic heterocycles. The monoisotopic (exact) mass is 198 g/mol. The zero-order valence-electron chi connectivity index (χ0n) is 9.89. The van der Waals surface area contributed by atoms with Crippen molar-refractivity contribution < 1.29 is 0 Å².